The first-order chi connectivity index (χ1) is 18.6. The third kappa shape index (κ3) is 11.6. The molecular formula is C33H44O6. The molecule has 0 bridgehead atoms. The van der Waals surface area contributed by atoms with Crippen molar-refractivity contribution in [2.75, 3.05) is 0 Å². The molecule has 0 aromatic heterocycles. The fourth-order valence-corrected chi connectivity index (χ4v) is 4.16. The van der Waals surface area contributed by atoms with E-state index in [0.29, 0.717) is 24.0 Å². The van der Waals surface area contributed by atoms with Crippen LogP contribution in [0.3, 0.4) is 0 Å². The molecule has 0 amide bonds. The predicted molar refractivity (Wildman–Crippen MR) is 156 cm³/mol. The van der Waals surface area contributed by atoms with E-state index in [1.54, 1.807) is 44.2 Å². The van der Waals surface area contributed by atoms with Crippen LogP contribution in [0.1, 0.15) is 65.0 Å². The second-order valence-electron chi connectivity index (χ2n) is 10.4. The normalized spacial score (nSPS) is 30.2. The van der Waals surface area contributed by atoms with Gasteiger partial charge in [-0.15, -0.1) is 0 Å². The van der Waals surface area contributed by atoms with E-state index >= 15 is 0 Å². The topological polar surface area (TPSA) is 107 Å². The van der Waals surface area contributed by atoms with Gasteiger partial charge >= 0.3 is 5.97 Å². The fraction of sp³-hybridized carbons (Fsp3) is 0.424. The largest absolute Gasteiger partial charge is 0.508 e. The van der Waals surface area contributed by atoms with Gasteiger partial charge in [-0.25, -0.2) is 4.79 Å². The van der Waals surface area contributed by atoms with Crippen LogP contribution in [-0.4, -0.2) is 44.7 Å². The lowest BCUT2D eigenvalue weighted by atomic mass is 9.88. The van der Waals surface area contributed by atoms with Gasteiger partial charge in [0.2, 0.25) is 0 Å². The average Bonchev–Trinajstić information content (AvgIpc) is 2.91. The van der Waals surface area contributed by atoms with Gasteiger partial charge in [0.05, 0.1) is 18.3 Å². The number of hydrogen-bond donors (Lipinski definition) is 4. The summed E-state index contributed by atoms with van der Waals surface area (Å²) in [4.78, 5) is 12.8. The molecule has 0 saturated carbocycles. The second kappa shape index (κ2) is 16.7. The van der Waals surface area contributed by atoms with Crippen molar-refractivity contribution < 1.29 is 30.0 Å². The monoisotopic (exact) mass is 536 g/mol. The molecule has 0 fully saturated rings. The number of cyclic esters (lactones) is 1. The Morgan fingerprint density at radius 1 is 1.00 bits per heavy atom. The van der Waals surface area contributed by atoms with Crippen molar-refractivity contribution >= 4 is 5.97 Å². The molecule has 1 aliphatic rings. The van der Waals surface area contributed by atoms with Gasteiger partial charge in [-0.2, -0.15) is 0 Å². The highest BCUT2D eigenvalue weighted by molar-refractivity contribution is 5.88. The lowest BCUT2D eigenvalue weighted by molar-refractivity contribution is -0.146. The number of benzene rings is 1. The first-order valence-corrected chi connectivity index (χ1v) is 13.6. The Morgan fingerprint density at radius 3 is 2.46 bits per heavy atom. The molecule has 6 heteroatoms. The first kappa shape index (κ1) is 32.0. The zero-order valence-electron chi connectivity index (χ0n) is 23.5. The minimum Gasteiger partial charge on any atom is -0.508 e. The Labute approximate surface area is 233 Å². The molecule has 0 radical (unpaired) electrons. The van der Waals surface area contributed by atoms with E-state index in [0.717, 1.165) is 12.0 Å². The molecule has 2 rings (SSSR count). The summed E-state index contributed by atoms with van der Waals surface area (Å²) in [6.45, 7) is 7.39. The van der Waals surface area contributed by atoms with E-state index in [2.05, 4.69) is 6.92 Å². The van der Waals surface area contributed by atoms with Crippen molar-refractivity contribution in [2.24, 2.45) is 11.8 Å². The predicted octanol–water partition coefficient (Wildman–Crippen LogP) is 6.02. The number of carbonyl (C=O) groups is 1. The van der Waals surface area contributed by atoms with Crippen molar-refractivity contribution in [1.29, 1.82) is 0 Å². The average molecular weight is 537 g/mol. The number of allylic oxidation sites excluding steroid dienone is 9. The molecule has 1 aromatic rings. The zero-order chi connectivity index (χ0) is 28.8. The lowest BCUT2D eigenvalue weighted by Crippen LogP contribution is -2.31. The number of carbonyl (C=O) groups excluding carboxylic acids is 1. The van der Waals surface area contributed by atoms with Gasteiger partial charge in [0, 0.05) is 17.9 Å². The van der Waals surface area contributed by atoms with Crippen molar-refractivity contribution in [3.8, 4) is 5.75 Å². The summed E-state index contributed by atoms with van der Waals surface area (Å²) in [5, 5.41) is 41.9. The summed E-state index contributed by atoms with van der Waals surface area (Å²) in [5.74, 6) is -0.784. The van der Waals surface area contributed by atoms with E-state index in [-0.39, 0.29) is 18.1 Å². The number of hydrogen-bond acceptors (Lipinski definition) is 6. The van der Waals surface area contributed by atoms with Gasteiger partial charge in [0.15, 0.2) is 0 Å². The summed E-state index contributed by atoms with van der Waals surface area (Å²) >= 11 is 0. The third-order valence-corrected chi connectivity index (χ3v) is 6.97. The van der Waals surface area contributed by atoms with E-state index in [1.165, 1.54) is 12.1 Å². The molecule has 4 N–H and O–H groups in total. The Morgan fingerprint density at radius 2 is 1.72 bits per heavy atom. The van der Waals surface area contributed by atoms with Crippen molar-refractivity contribution in [3.05, 3.63) is 102 Å². The number of rotatable bonds is 5. The third-order valence-electron chi connectivity index (χ3n) is 6.97. The molecule has 2 unspecified atom stereocenters. The van der Waals surface area contributed by atoms with Gasteiger partial charge < -0.3 is 25.2 Å². The van der Waals surface area contributed by atoms with Gasteiger partial charge in [-0.05, 0) is 62.3 Å². The number of aromatic hydroxyl groups is 1. The van der Waals surface area contributed by atoms with Crippen molar-refractivity contribution in [3.63, 3.8) is 0 Å². The summed E-state index contributed by atoms with van der Waals surface area (Å²) in [6.07, 6.45) is 17.5. The standard InChI is InChI=1S/C33H44O6/c1-23-13-11-15-24(2)30(35)18-10-8-6-5-7-9-14-25(3)33(38)39-29(20-19-23)22-31(36)26(4)32(37)27-16-12-17-28(34)21-27/h5-17,21,23,26,29-32,34-37H,18-20,22H2,1-4H3/b6-5-,9-7+,10-8+,13-11+,24-15+,25-14+/t23-,26-,29?,30-,31?,32+/m0/s1. The molecule has 212 valence electrons. The Bertz CT molecular complexity index is 1090. The van der Waals surface area contributed by atoms with E-state index < -0.39 is 36.3 Å². The number of phenolic OH excluding ortho intramolecular Hbond substituents is 1. The molecule has 0 saturated heterocycles. The maximum absolute atomic E-state index is 12.8. The maximum atomic E-state index is 12.8. The SMILES string of the molecule is C\C1=C/C=C/C=C\C=C\C[C@H](O)/C(C)=C/C=C/[C@H](C)CCC(CC(O)[C@H](C)[C@@H](O)c2cccc(O)c2)OC1=O. The molecule has 0 spiro atoms. The lowest BCUT2D eigenvalue weighted by Gasteiger charge is -2.28. The zero-order valence-corrected chi connectivity index (χ0v) is 23.5. The molecular weight excluding hydrogens is 492 g/mol. The quantitative estimate of drug-likeness (QED) is 0.343. The Kier molecular flexibility index (Phi) is 13.7. The maximum Gasteiger partial charge on any atom is 0.333 e. The fourth-order valence-electron chi connectivity index (χ4n) is 4.16. The van der Waals surface area contributed by atoms with Crippen LogP contribution in [0.25, 0.3) is 0 Å². The van der Waals surface area contributed by atoms with Crippen LogP contribution in [0.2, 0.25) is 0 Å². The number of aliphatic hydroxyl groups is 3. The Hall–Kier alpha value is -3.19. The molecule has 1 heterocycles. The highest BCUT2D eigenvalue weighted by Crippen LogP contribution is 2.29. The molecule has 1 aromatic carbocycles. The molecule has 1 aliphatic heterocycles. The first-order valence-electron chi connectivity index (χ1n) is 13.6. The minimum atomic E-state index is -0.989. The molecule has 0 aliphatic carbocycles. The highest BCUT2D eigenvalue weighted by atomic mass is 16.5. The van der Waals surface area contributed by atoms with E-state index in [1.807, 2.05) is 49.5 Å². The van der Waals surface area contributed by atoms with Crippen LogP contribution >= 0.6 is 0 Å². The Balaban J connectivity index is 2.21. The summed E-state index contributed by atoms with van der Waals surface area (Å²) in [6, 6.07) is 6.34. The number of phenols is 1. The van der Waals surface area contributed by atoms with Crippen LogP contribution in [-0.2, 0) is 9.53 Å². The van der Waals surface area contributed by atoms with Crippen molar-refractivity contribution in [1.82, 2.24) is 0 Å². The van der Waals surface area contributed by atoms with Gasteiger partial charge in [0.25, 0.3) is 0 Å². The molecule has 6 atom stereocenters. The van der Waals surface area contributed by atoms with Crippen molar-refractivity contribution in [2.45, 2.75) is 77.8 Å². The summed E-state index contributed by atoms with van der Waals surface area (Å²) in [5.41, 5.74) is 1.82. The molecule has 39 heavy (non-hydrogen) atoms. The minimum absolute atomic E-state index is 0.0436. The smallest absolute Gasteiger partial charge is 0.333 e. The summed E-state index contributed by atoms with van der Waals surface area (Å²) < 4.78 is 5.83. The van der Waals surface area contributed by atoms with E-state index in [9.17, 15) is 25.2 Å². The summed E-state index contributed by atoms with van der Waals surface area (Å²) in [7, 11) is 0. The van der Waals surface area contributed by atoms with Crippen LogP contribution in [0.4, 0.5) is 0 Å². The van der Waals surface area contributed by atoms with Gasteiger partial charge in [0.1, 0.15) is 11.9 Å². The number of aliphatic hydroxyl groups excluding tert-OH is 3. The van der Waals surface area contributed by atoms with Crippen LogP contribution < -0.4 is 0 Å². The van der Waals surface area contributed by atoms with Gasteiger partial charge in [-0.1, -0.05) is 86.7 Å². The van der Waals surface area contributed by atoms with E-state index in [4.69, 9.17) is 4.74 Å². The van der Waals surface area contributed by atoms with Gasteiger partial charge in [-0.3, -0.25) is 0 Å². The molecule has 6 nitrogen and oxygen atoms in total. The second-order valence-corrected chi connectivity index (χ2v) is 10.4. The number of esters is 1. The van der Waals surface area contributed by atoms with Crippen LogP contribution in [0, 0.1) is 11.8 Å². The van der Waals surface area contributed by atoms with Crippen LogP contribution in [0.5, 0.6) is 5.75 Å². The van der Waals surface area contributed by atoms with Crippen LogP contribution in [0.15, 0.2) is 96.2 Å². The number of ether oxygens (including phenoxy) is 1. The highest BCUT2D eigenvalue weighted by Gasteiger charge is 2.28.